The highest BCUT2D eigenvalue weighted by Crippen LogP contribution is 2.26. The lowest BCUT2D eigenvalue weighted by Crippen LogP contribution is -2.04. The van der Waals surface area contributed by atoms with Gasteiger partial charge in [0.05, 0.1) is 5.69 Å². The number of unbranched alkanes of at least 4 members (excludes halogenated alkanes) is 4. The van der Waals surface area contributed by atoms with Crippen LogP contribution < -0.4 is 5.32 Å². The van der Waals surface area contributed by atoms with E-state index in [1.54, 1.807) is 0 Å². The summed E-state index contributed by atoms with van der Waals surface area (Å²) < 4.78 is 26.7. The second kappa shape index (κ2) is 7.64. The standard InChI is InChI=1S/C13H18BrF2N/c1-2-3-4-5-6-7-17-13-11(14)8-10(15)9-12(13)16/h8-9,17H,2-7H2,1H3. The number of benzene rings is 1. The molecule has 0 aromatic heterocycles. The Morgan fingerprint density at radius 2 is 1.82 bits per heavy atom. The van der Waals surface area contributed by atoms with E-state index in [1.807, 2.05) is 0 Å². The van der Waals surface area contributed by atoms with Gasteiger partial charge < -0.3 is 5.32 Å². The van der Waals surface area contributed by atoms with E-state index >= 15 is 0 Å². The quantitative estimate of drug-likeness (QED) is 0.690. The first-order chi connectivity index (χ1) is 8.15. The molecule has 0 heterocycles. The topological polar surface area (TPSA) is 12.0 Å². The van der Waals surface area contributed by atoms with Crippen LogP contribution in [-0.4, -0.2) is 6.54 Å². The van der Waals surface area contributed by atoms with E-state index in [9.17, 15) is 8.78 Å². The van der Waals surface area contributed by atoms with Crippen LogP contribution in [0.1, 0.15) is 39.0 Å². The molecule has 4 heteroatoms. The lowest BCUT2D eigenvalue weighted by molar-refractivity contribution is 0.582. The maximum absolute atomic E-state index is 13.4. The molecule has 0 aliphatic rings. The molecule has 0 saturated heterocycles. The number of hydrogen-bond donors (Lipinski definition) is 1. The summed E-state index contributed by atoms with van der Waals surface area (Å²) in [5.41, 5.74) is 0.349. The SMILES string of the molecule is CCCCCCCNc1c(F)cc(F)cc1Br. The smallest absolute Gasteiger partial charge is 0.150 e. The van der Waals surface area contributed by atoms with E-state index in [2.05, 4.69) is 28.2 Å². The van der Waals surface area contributed by atoms with Gasteiger partial charge in [0.2, 0.25) is 0 Å². The van der Waals surface area contributed by atoms with Crippen LogP contribution in [0.4, 0.5) is 14.5 Å². The molecule has 0 unspecified atom stereocenters. The molecule has 96 valence electrons. The van der Waals surface area contributed by atoms with E-state index in [0.717, 1.165) is 18.9 Å². The third-order valence-corrected chi connectivity index (χ3v) is 3.21. The molecule has 1 aromatic rings. The molecular formula is C13H18BrF2N. The average Bonchev–Trinajstić information content (AvgIpc) is 2.26. The van der Waals surface area contributed by atoms with Gasteiger partial charge in [-0.05, 0) is 28.4 Å². The molecule has 17 heavy (non-hydrogen) atoms. The summed E-state index contributed by atoms with van der Waals surface area (Å²) in [6.07, 6.45) is 5.82. The van der Waals surface area contributed by atoms with Crippen molar-refractivity contribution in [1.29, 1.82) is 0 Å². The molecule has 1 rings (SSSR count). The monoisotopic (exact) mass is 305 g/mol. The van der Waals surface area contributed by atoms with Gasteiger partial charge in [-0.2, -0.15) is 0 Å². The fourth-order valence-electron chi connectivity index (χ4n) is 1.65. The van der Waals surface area contributed by atoms with Gasteiger partial charge in [0.15, 0.2) is 0 Å². The number of halogens is 3. The Morgan fingerprint density at radius 1 is 1.12 bits per heavy atom. The summed E-state index contributed by atoms with van der Waals surface area (Å²) in [4.78, 5) is 0. The van der Waals surface area contributed by atoms with Crippen molar-refractivity contribution < 1.29 is 8.78 Å². The van der Waals surface area contributed by atoms with Gasteiger partial charge in [-0.1, -0.05) is 32.6 Å². The summed E-state index contributed by atoms with van der Waals surface area (Å²) in [7, 11) is 0. The lowest BCUT2D eigenvalue weighted by Gasteiger charge is -2.09. The first-order valence-electron chi connectivity index (χ1n) is 6.03. The van der Waals surface area contributed by atoms with Crippen molar-refractivity contribution in [3.05, 3.63) is 28.2 Å². The van der Waals surface area contributed by atoms with Crippen molar-refractivity contribution in [2.45, 2.75) is 39.0 Å². The third kappa shape index (κ3) is 5.02. The van der Waals surface area contributed by atoms with Crippen LogP contribution >= 0.6 is 15.9 Å². The summed E-state index contributed by atoms with van der Waals surface area (Å²) in [5, 5.41) is 3.00. The minimum absolute atomic E-state index is 0.349. The number of hydrogen-bond acceptors (Lipinski definition) is 1. The highest BCUT2D eigenvalue weighted by atomic mass is 79.9. The molecule has 0 atom stereocenters. The molecule has 0 amide bonds. The van der Waals surface area contributed by atoms with E-state index in [-0.39, 0.29) is 0 Å². The number of rotatable bonds is 7. The second-order valence-corrected chi connectivity index (χ2v) is 4.94. The normalized spacial score (nSPS) is 10.6. The van der Waals surface area contributed by atoms with Crippen LogP contribution in [0, 0.1) is 11.6 Å². The van der Waals surface area contributed by atoms with Gasteiger partial charge in [0, 0.05) is 17.1 Å². The van der Waals surface area contributed by atoms with Crippen molar-refractivity contribution in [2.75, 3.05) is 11.9 Å². The van der Waals surface area contributed by atoms with Crippen molar-refractivity contribution in [2.24, 2.45) is 0 Å². The lowest BCUT2D eigenvalue weighted by atomic mass is 10.1. The van der Waals surface area contributed by atoms with Crippen LogP contribution in [0.3, 0.4) is 0 Å². The van der Waals surface area contributed by atoms with Crippen molar-refractivity contribution >= 4 is 21.6 Å². The Bertz CT molecular complexity index is 332. The van der Waals surface area contributed by atoms with Crippen molar-refractivity contribution in [3.63, 3.8) is 0 Å². The molecule has 0 aliphatic carbocycles. The van der Waals surface area contributed by atoms with Gasteiger partial charge in [-0.3, -0.25) is 0 Å². The van der Waals surface area contributed by atoms with E-state index in [1.165, 1.54) is 25.3 Å². The molecule has 0 spiro atoms. The first-order valence-corrected chi connectivity index (χ1v) is 6.83. The molecule has 0 fully saturated rings. The first kappa shape index (κ1) is 14.4. The van der Waals surface area contributed by atoms with Crippen LogP contribution in [0.5, 0.6) is 0 Å². The van der Waals surface area contributed by atoms with Crippen molar-refractivity contribution in [1.82, 2.24) is 0 Å². The van der Waals surface area contributed by atoms with Gasteiger partial charge >= 0.3 is 0 Å². The fourth-order valence-corrected chi connectivity index (χ4v) is 2.20. The summed E-state index contributed by atoms with van der Waals surface area (Å²) in [6.45, 7) is 2.88. The Hall–Kier alpha value is -0.640. The minimum atomic E-state index is -0.567. The Kier molecular flexibility index (Phi) is 6.48. The van der Waals surface area contributed by atoms with Crippen LogP contribution in [0.15, 0.2) is 16.6 Å². The number of nitrogens with one attached hydrogen (secondary N) is 1. The summed E-state index contributed by atoms with van der Waals surface area (Å²) in [6, 6.07) is 2.16. The van der Waals surface area contributed by atoms with Gasteiger partial charge in [-0.25, -0.2) is 8.78 Å². The molecule has 0 saturated carbocycles. The summed E-state index contributed by atoms with van der Waals surface area (Å²) >= 11 is 3.15. The minimum Gasteiger partial charge on any atom is -0.382 e. The molecular weight excluding hydrogens is 288 g/mol. The van der Waals surface area contributed by atoms with Gasteiger partial charge in [0.25, 0.3) is 0 Å². The highest BCUT2D eigenvalue weighted by molar-refractivity contribution is 9.10. The van der Waals surface area contributed by atoms with Gasteiger partial charge in [0.1, 0.15) is 11.6 Å². The summed E-state index contributed by atoms with van der Waals surface area (Å²) in [5.74, 6) is -1.12. The maximum atomic E-state index is 13.4. The zero-order valence-corrected chi connectivity index (χ0v) is 11.6. The van der Waals surface area contributed by atoms with Crippen LogP contribution in [0.25, 0.3) is 0 Å². The van der Waals surface area contributed by atoms with Crippen LogP contribution in [0.2, 0.25) is 0 Å². The van der Waals surface area contributed by atoms with Gasteiger partial charge in [-0.15, -0.1) is 0 Å². The molecule has 0 radical (unpaired) electrons. The second-order valence-electron chi connectivity index (χ2n) is 4.09. The Balaban J connectivity index is 2.36. The highest BCUT2D eigenvalue weighted by Gasteiger charge is 2.08. The predicted molar refractivity (Wildman–Crippen MR) is 71.3 cm³/mol. The third-order valence-electron chi connectivity index (χ3n) is 2.59. The number of anilines is 1. The van der Waals surface area contributed by atoms with E-state index < -0.39 is 11.6 Å². The fraction of sp³-hybridized carbons (Fsp3) is 0.538. The van der Waals surface area contributed by atoms with Crippen LogP contribution in [-0.2, 0) is 0 Å². The predicted octanol–water partition coefficient (Wildman–Crippen LogP) is 5.11. The molecule has 1 N–H and O–H groups in total. The Morgan fingerprint density at radius 3 is 2.47 bits per heavy atom. The Labute approximate surface area is 110 Å². The molecule has 0 bridgehead atoms. The van der Waals surface area contributed by atoms with E-state index in [4.69, 9.17) is 0 Å². The van der Waals surface area contributed by atoms with E-state index in [0.29, 0.717) is 16.7 Å². The average molecular weight is 306 g/mol. The zero-order chi connectivity index (χ0) is 12.7. The molecule has 1 nitrogen and oxygen atoms in total. The maximum Gasteiger partial charge on any atom is 0.150 e. The molecule has 0 aliphatic heterocycles. The zero-order valence-electron chi connectivity index (χ0n) is 10.0. The molecule has 1 aromatic carbocycles. The van der Waals surface area contributed by atoms with Crippen molar-refractivity contribution in [3.8, 4) is 0 Å². The largest absolute Gasteiger partial charge is 0.382 e.